The Morgan fingerprint density at radius 1 is 1.38 bits per heavy atom. The Labute approximate surface area is 133 Å². The van der Waals surface area contributed by atoms with Crippen LogP contribution in [0.4, 0.5) is 0 Å². The van der Waals surface area contributed by atoms with Crippen molar-refractivity contribution in [1.29, 1.82) is 0 Å². The van der Waals surface area contributed by atoms with E-state index in [1.165, 1.54) is 17.4 Å². The van der Waals surface area contributed by atoms with E-state index in [1.54, 1.807) is 18.2 Å². The highest BCUT2D eigenvalue weighted by Crippen LogP contribution is 2.42. The fourth-order valence-corrected chi connectivity index (χ4v) is 4.99. The van der Waals surface area contributed by atoms with Gasteiger partial charge in [0.25, 0.3) is 0 Å². The first kappa shape index (κ1) is 15.0. The molecular weight excluding hydrogens is 328 g/mol. The molecule has 1 N–H and O–H groups in total. The molecule has 4 nitrogen and oxygen atoms in total. The highest BCUT2D eigenvalue weighted by Gasteiger charge is 2.37. The lowest BCUT2D eigenvalue weighted by Gasteiger charge is -2.16. The van der Waals surface area contributed by atoms with E-state index < -0.39 is 10.0 Å². The van der Waals surface area contributed by atoms with E-state index in [0.717, 1.165) is 23.5 Å². The van der Waals surface area contributed by atoms with Crippen molar-refractivity contribution in [2.24, 2.45) is 5.92 Å². The maximum absolute atomic E-state index is 12.6. The van der Waals surface area contributed by atoms with Crippen LogP contribution in [0.1, 0.15) is 29.6 Å². The highest BCUT2D eigenvalue weighted by atomic mass is 35.5. The molecule has 1 atom stereocenters. The summed E-state index contributed by atoms with van der Waals surface area (Å²) in [6, 6.07) is 6.21. The minimum Gasteiger partial charge on any atom is -0.245 e. The Morgan fingerprint density at radius 2 is 2.10 bits per heavy atom. The summed E-state index contributed by atoms with van der Waals surface area (Å²) in [6.07, 6.45) is 2.04. The SMILES string of the molecule is Cc1csc([C@@H](NS(=O)(=O)c2ccccc2Cl)C2CC2)n1. The Bertz CT molecular complexity index is 754. The number of aryl methyl sites for hydroxylation is 1. The van der Waals surface area contributed by atoms with Crippen molar-refractivity contribution < 1.29 is 8.42 Å². The van der Waals surface area contributed by atoms with Gasteiger partial charge < -0.3 is 0 Å². The Hall–Kier alpha value is -0.950. The smallest absolute Gasteiger partial charge is 0.242 e. The standard InChI is InChI=1S/C14H15ClN2O2S2/c1-9-8-20-14(16-9)13(10-6-7-10)17-21(18,19)12-5-3-2-4-11(12)15/h2-5,8,10,13,17H,6-7H2,1H3/t13-/m0/s1. The van der Waals surface area contributed by atoms with Gasteiger partial charge in [0.1, 0.15) is 9.90 Å². The van der Waals surface area contributed by atoms with Crippen LogP contribution in [0.3, 0.4) is 0 Å². The lowest BCUT2D eigenvalue weighted by atomic mass is 10.2. The van der Waals surface area contributed by atoms with Crippen molar-refractivity contribution in [3.05, 3.63) is 45.4 Å². The van der Waals surface area contributed by atoms with Crippen LogP contribution in [0.15, 0.2) is 34.5 Å². The van der Waals surface area contributed by atoms with Gasteiger partial charge in [-0.1, -0.05) is 23.7 Å². The summed E-state index contributed by atoms with van der Waals surface area (Å²) in [6.45, 7) is 1.91. The molecule has 1 fully saturated rings. The van der Waals surface area contributed by atoms with Gasteiger partial charge in [-0.2, -0.15) is 0 Å². The number of benzene rings is 1. The third-order valence-electron chi connectivity index (χ3n) is 3.40. The van der Waals surface area contributed by atoms with Gasteiger partial charge in [0.05, 0.1) is 11.1 Å². The first-order valence-corrected chi connectivity index (χ1v) is 9.40. The molecule has 0 aliphatic heterocycles. The van der Waals surface area contributed by atoms with Gasteiger partial charge in [0.15, 0.2) is 0 Å². The fourth-order valence-electron chi connectivity index (χ4n) is 2.19. The van der Waals surface area contributed by atoms with Crippen LogP contribution in [0, 0.1) is 12.8 Å². The van der Waals surface area contributed by atoms with Crippen LogP contribution in [0.25, 0.3) is 0 Å². The molecule has 7 heteroatoms. The summed E-state index contributed by atoms with van der Waals surface area (Å²) >= 11 is 7.50. The van der Waals surface area contributed by atoms with Gasteiger partial charge in [-0.05, 0) is 37.8 Å². The van der Waals surface area contributed by atoms with E-state index in [9.17, 15) is 8.42 Å². The summed E-state index contributed by atoms with van der Waals surface area (Å²) in [5.41, 5.74) is 0.914. The predicted molar refractivity (Wildman–Crippen MR) is 84.1 cm³/mol. The Balaban J connectivity index is 1.91. The summed E-state index contributed by atoms with van der Waals surface area (Å²) in [7, 11) is -3.65. The van der Waals surface area contributed by atoms with Gasteiger partial charge in [-0.3, -0.25) is 0 Å². The number of sulfonamides is 1. The minimum atomic E-state index is -3.65. The Morgan fingerprint density at radius 3 is 2.67 bits per heavy atom. The van der Waals surface area contributed by atoms with Crippen LogP contribution >= 0.6 is 22.9 Å². The first-order chi connectivity index (χ1) is 9.97. The van der Waals surface area contributed by atoms with Crippen molar-refractivity contribution >= 4 is 33.0 Å². The van der Waals surface area contributed by atoms with E-state index in [1.807, 2.05) is 12.3 Å². The molecule has 0 bridgehead atoms. The van der Waals surface area contributed by atoms with E-state index in [4.69, 9.17) is 11.6 Å². The van der Waals surface area contributed by atoms with E-state index in [-0.39, 0.29) is 16.0 Å². The zero-order chi connectivity index (χ0) is 15.0. The largest absolute Gasteiger partial charge is 0.245 e. The maximum Gasteiger partial charge on any atom is 0.242 e. The maximum atomic E-state index is 12.6. The number of aromatic nitrogens is 1. The van der Waals surface area contributed by atoms with Crippen molar-refractivity contribution in [3.63, 3.8) is 0 Å². The molecule has 112 valence electrons. The van der Waals surface area contributed by atoms with Crippen LogP contribution in [-0.4, -0.2) is 13.4 Å². The normalized spacial score (nSPS) is 16.9. The number of hydrogen-bond acceptors (Lipinski definition) is 4. The topological polar surface area (TPSA) is 59.1 Å². The number of thiazole rings is 1. The predicted octanol–water partition coefficient (Wildman–Crippen LogP) is 3.53. The lowest BCUT2D eigenvalue weighted by Crippen LogP contribution is -2.30. The van der Waals surface area contributed by atoms with E-state index >= 15 is 0 Å². The van der Waals surface area contributed by atoms with Crippen molar-refractivity contribution in [2.45, 2.75) is 30.7 Å². The molecule has 0 saturated heterocycles. The van der Waals surface area contributed by atoms with Crippen molar-refractivity contribution in [1.82, 2.24) is 9.71 Å². The van der Waals surface area contributed by atoms with Gasteiger partial charge >= 0.3 is 0 Å². The summed E-state index contributed by atoms with van der Waals surface area (Å²) in [5.74, 6) is 0.327. The molecule has 1 aliphatic carbocycles. The lowest BCUT2D eigenvalue weighted by molar-refractivity contribution is 0.527. The number of nitrogens with zero attached hydrogens (tertiary/aromatic N) is 1. The van der Waals surface area contributed by atoms with Crippen LogP contribution in [-0.2, 0) is 10.0 Å². The summed E-state index contributed by atoms with van der Waals surface area (Å²) in [4.78, 5) is 4.55. The average molecular weight is 343 g/mol. The highest BCUT2D eigenvalue weighted by molar-refractivity contribution is 7.89. The van der Waals surface area contributed by atoms with Crippen molar-refractivity contribution in [2.75, 3.05) is 0 Å². The molecule has 2 aromatic rings. The third-order valence-corrected chi connectivity index (χ3v) is 6.39. The molecular formula is C14H15ClN2O2S2. The third kappa shape index (κ3) is 3.29. The first-order valence-electron chi connectivity index (χ1n) is 6.66. The van der Waals surface area contributed by atoms with Gasteiger partial charge in [0.2, 0.25) is 10.0 Å². The van der Waals surface area contributed by atoms with Crippen molar-refractivity contribution in [3.8, 4) is 0 Å². The molecule has 21 heavy (non-hydrogen) atoms. The second-order valence-electron chi connectivity index (χ2n) is 5.19. The fraction of sp³-hybridized carbons (Fsp3) is 0.357. The number of nitrogens with one attached hydrogen (secondary N) is 1. The summed E-state index contributed by atoms with van der Waals surface area (Å²) < 4.78 is 27.9. The quantitative estimate of drug-likeness (QED) is 0.904. The molecule has 1 aromatic heterocycles. The van der Waals surface area contributed by atoms with E-state index in [0.29, 0.717) is 5.92 Å². The zero-order valence-corrected chi connectivity index (χ0v) is 13.8. The molecule has 1 heterocycles. The minimum absolute atomic E-state index is 0.116. The second-order valence-corrected chi connectivity index (χ2v) is 8.17. The zero-order valence-electron chi connectivity index (χ0n) is 11.4. The summed E-state index contributed by atoms with van der Waals surface area (Å²) in [5, 5.41) is 3.00. The average Bonchev–Trinajstić information content (AvgIpc) is 3.18. The van der Waals surface area contributed by atoms with E-state index in [2.05, 4.69) is 9.71 Å². The molecule has 1 saturated carbocycles. The molecule has 1 aromatic carbocycles. The van der Waals surface area contributed by atoms with Crippen LogP contribution in [0.5, 0.6) is 0 Å². The molecule has 0 spiro atoms. The van der Waals surface area contributed by atoms with Gasteiger partial charge in [-0.15, -0.1) is 11.3 Å². The molecule has 3 rings (SSSR count). The number of halogens is 1. The van der Waals surface area contributed by atoms with Gasteiger partial charge in [0, 0.05) is 11.1 Å². The monoisotopic (exact) mass is 342 g/mol. The number of rotatable bonds is 5. The Kier molecular flexibility index (Phi) is 4.05. The molecule has 0 amide bonds. The molecule has 0 unspecified atom stereocenters. The molecule has 0 radical (unpaired) electrons. The second kappa shape index (κ2) is 5.68. The van der Waals surface area contributed by atoms with Gasteiger partial charge in [-0.25, -0.2) is 18.1 Å². The van der Waals surface area contributed by atoms with Crippen LogP contribution in [0.2, 0.25) is 5.02 Å². The number of hydrogen-bond donors (Lipinski definition) is 1. The van der Waals surface area contributed by atoms with Crippen LogP contribution < -0.4 is 4.72 Å². The molecule has 1 aliphatic rings.